The van der Waals surface area contributed by atoms with Crippen molar-refractivity contribution in [3.63, 3.8) is 0 Å². The second-order valence-corrected chi connectivity index (χ2v) is 19.0. The first-order chi connectivity index (χ1) is 21.8. The average Bonchev–Trinajstić information content (AvgIpc) is 3.70. The van der Waals surface area contributed by atoms with Crippen molar-refractivity contribution in [3.8, 4) is 0 Å². The molecule has 10 heterocycles. The normalized spacial score (nSPS) is 47.0. The van der Waals surface area contributed by atoms with Crippen LogP contribution in [-0.2, 0) is 30.0 Å². The highest BCUT2D eigenvalue weighted by Gasteiger charge is 2.92. The fraction of sp³-hybridized carbons (Fsp3) is 0.467. The summed E-state index contributed by atoms with van der Waals surface area (Å²) in [6, 6.07) is 14.8. The largest absolute Gasteiger partial charge is 0.388 e. The fourth-order valence-electron chi connectivity index (χ4n) is 9.79. The number of nitrogens with one attached hydrogen (secondary N) is 2. The minimum atomic E-state index is -1.76. The lowest BCUT2D eigenvalue weighted by Gasteiger charge is -2.58. The molecule has 2 spiro atoms. The van der Waals surface area contributed by atoms with E-state index in [0.717, 1.165) is 0 Å². The van der Waals surface area contributed by atoms with Crippen LogP contribution in [0.1, 0.15) is 25.0 Å². The van der Waals surface area contributed by atoms with Crippen LogP contribution in [-0.4, -0.2) is 112 Å². The van der Waals surface area contributed by atoms with Gasteiger partial charge >= 0.3 is 0 Å². The third-order valence-electron chi connectivity index (χ3n) is 12.1. The first kappa shape index (κ1) is 28.3. The summed E-state index contributed by atoms with van der Waals surface area (Å²) in [5.41, 5.74) is -0.775. The summed E-state index contributed by atoms with van der Waals surface area (Å²) < 4.78 is 0. The number of aliphatic hydroxyl groups excluding tert-OH is 2. The average molecular weight is 697 g/mol. The van der Waals surface area contributed by atoms with Crippen LogP contribution in [0.3, 0.4) is 0 Å². The molecule has 2 aromatic rings. The van der Waals surface area contributed by atoms with Crippen molar-refractivity contribution in [2.75, 3.05) is 24.7 Å². The van der Waals surface area contributed by atoms with Gasteiger partial charge in [0.25, 0.3) is 23.6 Å². The van der Waals surface area contributed by atoms with Gasteiger partial charge in [0.1, 0.15) is 24.5 Å². The van der Waals surface area contributed by atoms with Crippen LogP contribution < -0.4 is 10.6 Å². The van der Waals surface area contributed by atoms with E-state index in [1.165, 1.54) is 62.8 Å². The van der Waals surface area contributed by atoms with E-state index in [-0.39, 0.29) is 11.8 Å². The monoisotopic (exact) mass is 696 g/mol. The van der Waals surface area contributed by atoms with Gasteiger partial charge in [0.2, 0.25) is 9.74 Å². The number of likely N-dealkylation sites (N-methyl/N-ethyl adjacent to an activating group) is 2. The standard InChI is InChI=1S/C30H28N6O6S4/c1-25-21(39)35-19-27(13-9-5-7-11-15(13)31-19,17(37)29(35,45-43-25)23(41)33(25)3)28-14-10-6-8-12-16(14)32-20(28)36-22(40)26(2)34(4)24(42)30(36,18(28)38)46-44-26/h5-12,17-20,31-32,37-38H,1-4H3/t17-,18-,19+,20+,25+,26+,27?,28?,29-,30-/m0/s1. The minimum absolute atomic E-state index is 0.342. The lowest BCUT2D eigenvalue weighted by molar-refractivity contribution is -0.166. The van der Waals surface area contributed by atoms with E-state index in [2.05, 4.69) is 10.6 Å². The van der Waals surface area contributed by atoms with Crippen molar-refractivity contribution < 1.29 is 29.4 Å². The third-order valence-corrected chi connectivity index (χ3v) is 19.5. The molecule has 46 heavy (non-hydrogen) atoms. The number of para-hydroxylation sites is 2. The van der Waals surface area contributed by atoms with Crippen molar-refractivity contribution in [3.05, 3.63) is 59.7 Å². The van der Waals surface area contributed by atoms with Crippen molar-refractivity contribution in [2.24, 2.45) is 0 Å². The molecular formula is C30H28N6O6S4. The number of hydrogen-bond donors (Lipinski definition) is 4. The Kier molecular flexibility index (Phi) is 4.87. The number of nitrogens with zero attached hydrogens (tertiary/aromatic N) is 4. The van der Waals surface area contributed by atoms with Gasteiger partial charge in [-0.05, 0) is 58.7 Å². The van der Waals surface area contributed by atoms with Crippen LogP contribution in [0.15, 0.2) is 48.5 Å². The number of carbonyl (C=O) groups is 4. The van der Waals surface area contributed by atoms with Crippen molar-refractivity contribution in [1.29, 1.82) is 0 Å². The Labute approximate surface area is 279 Å². The zero-order valence-electron chi connectivity index (χ0n) is 24.9. The van der Waals surface area contributed by atoms with Crippen molar-refractivity contribution in [1.82, 2.24) is 19.6 Å². The Morgan fingerprint density at radius 1 is 0.609 bits per heavy atom. The third kappa shape index (κ3) is 2.30. The molecule has 12 nitrogen and oxygen atoms in total. The number of carbonyl (C=O) groups excluding carboxylic acids is 4. The Morgan fingerprint density at radius 3 is 1.37 bits per heavy atom. The lowest BCUT2D eigenvalue weighted by Crippen LogP contribution is -2.77. The summed E-state index contributed by atoms with van der Waals surface area (Å²) in [5.74, 6) is -1.52. The maximum Gasteiger partial charge on any atom is 0.264 e. The van der Waals surface area contributed by atoms with Crippen LogP contribution in [0.25, 0.3) is 0 Å². The van der Waals surface area contributed by atoms with E-state index in [0.29, 0.717) is 22.5 Å². The molecule has 10 aliphatic heterocycles. The van der Waals surface area contributed by atoms with Crippen LogP contribution >= 0.6 is 43.2 Å². The molecule has 12 rings (SSSR count). The Hall–Kier alpha value is -2.76. The molecule has 4 N–H and O–H groups in total. The Balaban J connectivity index is 1.36. The minimum Gasteiger partial charge on any atom is -0.388 e. The van der Waals surface area contributed by atoms with Gasteiger partial charge in [0, 0.05) is 25.5 Å². The zero-order valence-corrected chi connectivity index (χ0v) is 28.1. The van der Waals surface area contributed by atoms with Crippen LogP contribution in [0, 0.1) is 0 Å². The molecular weight excluding hydrogens is 669 g/mol. The molecule has 0 aliphatic carbocycles. The maximum absolute atomic E-state index is 14.7. The van der Waals surface area contributed by atoms with E-state index in [9.17, 15) is 29.4 Å². The number of rotatable bonds is 1. The molecule has 0 saturated carbocycles. The number of anilines is 2. The van der Waals surface area contributed by atoms with Crippen molar-refractivity contribution in [2.45, 2.75) is 68.7 Å². The van der Waals surface area contributed by atoms with Gasteiger partial charge in [-0.2, -0.15) is 0 Å². The highest BCUT2D eigenvalue weighted by molar-refractivity contribution is 8.78. The highest BCUT2D eigenvalue weighted by Crippen LogP contribution is 2.78. The van der Waals surface area contributed by atoms with Crippen LogP contribution in [0.4, 0.5) is 11.4 Å². The molecule has 2 unspecified atom stereocenters. The number of fused-ring (bicyclic) bond motifs is 11. The molecule has 4 bridgehead atoms. The molecule has 10 atom stereocenters. The molecule has 238 valence electrons. The zero-order chi connectivity index (χ0) is 32.1. The predicted octanol–water partition coefficient (Wildman–Crippen LogP) is 1.33. The smallest absolute Gasteiger partial charge is 0.264 e. The number of amides is 4. The number of aliphatic hydroxyl groups is 2. The Bertz CT molecular complexity index is 1760. The van der Waals surface area contributed by atoms with Gasteiger partial charge in [-0.15, -0.1) is 0 Å². The van der Waals surface area contributed by atoms with Crippen LogP contribution in [0.2, 0.25) is 0 Å². The molecule has 0 aromatic heterocycles. The molecule has 10 aliphatic rings. The molecule has 2 aromatic carbocycles. The molecule has 16 heteroatoms. The van der Waals surface area contributed by atoms with Gasteiger partial charge in [0.05, 0.1) is 10.8 Å². The SMILES string of the molecule is CN1C(=O)[C@]23SS[C@]1(C)C(=O)N2[C@H]1Nc2ccccc2C1(C12c4ccccc4N[C@@H]1N1C(=O)[C@@]4(C)SS[C@]1(C(=O)N4C)[C@H]2O)[C@@H]3O. The Morgan fingerprint density at radius 2 is 0.978 bits per heavy atom. The molecule has 4 amide bonds. The predicted molar refractivity (Wildman–Crippen MR) is 175 cm³/mol. The van der Waals surface area contributed by atoms with E-state index < -0.39 is 66.7 Å². The van der Waals surface area contributed by atoms with E-state index in [4.69, 9.17) is 0 Å². The fourth-order valence-corrected chi connectivity index (χ4v) is 16.9. The number of hydrogen-bond acceptors (Lipinski definition) is 12. The lowest BCUT2D eigenvalue weighted by atomic mass is 9.52. The summed E-state index contributed by atoms with van der Waals surface area (Å²) in [7, 11) is 7.98. The molecule has 0 radical (unpaired) electrons. The maximum atomic E-state index is 14.7. The number of piperazine rings is 2. The summed E-state index contributed by atoms with van der Waals surface area (Å²) in [4.78, 5) is 58.2. The molecule has 8 saturated heterocycles. The van der Waals surface area contributed by atoms with E-state index >= 15 is 0 Å². The second-order valence-electron chi connectivity index (χ2n) is 13.5. The first-order valence-corrected chi connectivity index (χ1v) is 19.2. The first-order valence-electron chi connectivity index (χ1n) is 14.9. The van der Waals surface area contributed by atoms with Crippen LogP contribution in [0.5, 0.6) is 0 Å². The van der Waals surface area contributed by atoms with Crippen molar-refractivity contribution >= 4 is 78.2 Å². The van der Waals surface area contributed by atoms with E-state index in [1.54, 1.807) is 27.9 Å². The van der Waals surface area contributed by atoms with Gasteiger partial charge in [-0.1, -0.05) is 58.0 Å². The summed E-state index contributed by atoms with van der Waals surface area (Å²) in [6.45, 7) is 3.42. The van der Waals surface area contributed by atoms with E-state index in [1.807, 2.05) is 48.5 Å². The van der Waals surface area contributed by atoms with Gasteiger partial charge < -0.3 is 30.6 Å². The highest BCUT2D eigenvalue weighted by atomic mass is 33.1. The summed E-state index contributed by atoms with van der Waals surface area (Å²) in [5, 5.41) is 33.6. The quantitative estimate of drug-likeness (QED) is 0.320. The van der Waals surface area contributed by atoms with Gasteiger partial charge in [0.15, 0.2) is 9.74 Å². The van der Waals surface area contributed by atoms with Gasteiger partial charge in [-0.25, -0.2) is 0 Å². The van der Waals surface area contributed by atoms with Gasteiger partial charge in [-0.3, -0.25) is 29.0 Å². The summed E-state index contributed by atoms with van der Waals surface area (Å²) in [6.07, 6.45) is -5.21. The number of benzene rings is 2. The summed E-state index contributed by atoms with van der Waals surface area (Å²) >= 11 is 0. The second kappa shape index (κ2) is 7.92. The topological polar surface area (TPSA) is 146 Å². The molecule has 8 fully saturated rings.